The Kier molecular flexibility index (Phi) is 5.82. The lowest BCUT2D eigenvalue weighted by molar-refractivity contribution is -0.151. The average Bonchev–Trinajstić information content (AvgIpc) is 3.05. The van der Waals surface area contributed by atoms with Crippen LogP contribution in [-0.2, 0) is 16.1 Å². The predicted molar refractivity (Wildman–Crippen MR) is 94.7 cm³/mol. The SMILES string of the molecule is COc1cnc(-c2cc3[nH]c(CNC(=O)COC(F)F)cc3cc2Cl)cn1. The highest BCUT2D eigenvalue weighted by atomic mass is 35.5. The number of rotatable bonds is 7. The molecule has 27 heavy (non-hydrogen) atoms. The van der Waals surface area contributed by atoms with Crippen LogP contribution in [0.4, 0.5) is 8.78 Å². The molecule has 7 nitrogen and oxygen atoms in total. The second kappa shape index (κ2) is 8.28. The number of aromatic nitrogens is 3. The molecule has 3 aromatic rings. The van der Waals surface area contributed by atoms with Crippen LogP contribution in [0.2, 0.25) is 5.02 Å². The van der Waals surface area contributed by atoms with Crippen LogP contribution >= 0.6 is 11.6 Å². The van der Waals surface area contributed by atoms with Gasteiger partial charge in [0, 0.05) is 22.2 Å². The van der Waals surface area contributed by atoms with E-state index in [9.17, 15) is 13.6 Å². The van der Waals surface area contributed by atoms with Crippen molar-refractivity contribution < 1.29 is 23.0 Å². The van der Waals surface area contributed by atoms with Crippen molar-refractivity contribution in [1.29, 1.82) is 0 Å². The largest absolute Gasteiger partial charge is 0.480 e. The van der Waals surface area contributed by atoms with Gasteiger partial charge in [-0.1, -0.05) is 11.6 Å². The zero-order chi connectivity index (χ0) is 19.4. The third kappa shape index (κ3) is 4.69. The molecule has 2 N–H and O–H groups in total. The van der Waals surface area contributed by atoms with Gasteiger partial charge in [-0.15, -0.1) is 0 Å². The lowest BCUT2D eigenvalue weighted by Gasteiger charge is -2.05. The summed E-state index contributed by atoms with van der Waals surface area (Å²) in [6.07, 6.45) is 3.05. The second-order valence-electron chi connectivity index (χ2n) is 5.51. The third-order valence-electron chi connectivity index (χ3n) is 3.69. The highest BCUT2D eigenvalue weighted by molar-refractivity contribution is 6.34. The molecule has 2 heterocycles. The number of carbonyl (C=O) groups is 1. The molecule has 0 atom stereocenters. The summed E-state index contributed by atoms with van der Waals surface area (Å²) < 4.78 is 32.8. The maximum atomic E-state index is 11.9. The summed E-state index contributed by atoms with van der Waals surface area (Å²) in [6, 6.07) is 5.39. The minimum absolute atomic E-state index is 0.134. The quantitative estimate of drug-likeness (QED) is 0.640. The topological polar surface area (TPSA) is 89.1 Å². The summed E-state index contributed by atoms with van der Waals surface area (Å²) in [5.41, 5.74) is 2.72. The zero-order valence-electron chi connectivity index (χ0n) is 14.1. The number of carbonyl (C=O) groups excluding carboxylic acids is 1. The summed E-state index contributed by atoms with van der Waals surface area (Å²) in [6.45, 7) is -3.55. The number of fused-ring (bicyclic) bond motifs is 1. The first-order chi connectivity index (χ1) is 13.0. The fourth-order valence-corrected chi connectivity index (χ4v) is 2.72. The van der Waals surface area contributed by atoms with Crippen molar-refractivity contribution in [2.75, 3.05) is 13.7 Å². The fraction of sp³-hybridized carbons (Fsp3) is 0.235. The molecule has 0 aliphatic rings. The van der Waals surface area contributed by atoms with Crippen molar-refractivity contribution in [2.45, 2.75) is 13.2 Å². The number of nitrogens with zero attached hydrogens (tertiary/aromatic N) is 2. The predicted octanol–water partition coefficient (Wildman–Crippen LogP) is 3.14. The van der Waals surface area contributed by atoms with Gasteiger partial charge >= 0.3 is 6.61 Å². The molecule has 0 saturated heterocycles. The molecular formula is C17H15ClF2N4O3. The summed E-state index contributed by atoms with van der Waals surface area (Å²) in [5, 5.41) is 3.81. The smallest absolute Gasteiger partial charge is 0.345 e. The van der Waals surface area contributed by atoms with Crippen LogP contribution in [0.1, 0.15) is 5.69 Å². The maximum Gasteiger partial charge on any atom is 0.345 e. The first-order valence-corrected chi connectivity index (χ1v) is 8.18. The molecule has 0 fully saturated rings. The molecule has 3 rings (SSSR count). The number of hydrogen-bond donors (Lipinski definition) is 2. The lowest BCUT2D eigenvalue weighted by atomic mass is 10.1. The van der Waals surface area contributed by atoms with E-state index >= 15 is 0 Å². The Morgan fingerprint density at radius 1 is 1.30 bits per heavy atom. The Morgan fingerprint density at radius 3 is 2.78 bits per heavy atom. The van der Waals surface area contributed by atoms with Gasteiger partial charge < -0.3 is 19.8 Å². The van der Waals surface area contributed by atoms with Crippen LogP contribution in [-0.4, -0.2) is 41.2 Å². The number of methoxy groups -OCH3 is 1. The van der Waals surface area contributed by atoms with E-state index < -0.39 is 19.1 Å². The van der Waals surface area contributed by atoms with Crippen molar-refractivity contribution in [3.8, 4) is 17.1 Å². The van der Waals surface area contributed by atoms with Gasteiger partial charge in [-0.2, -0.15) is 8.78 Å². The first kappa shape index (κ1) is 19.0. The summed E-state index contributed by atoms with van der Waals surface area (Å²) in [7, 11) is 1.50. The molecule has 0 aliphatic heterocycles. The Bertz CT molecular complexity index is 947. The van der Waals surface area contributed by atoms with Gasteiger partial charge in [0.05, 0.1) is 36.8 Å². The van der Waals surface area contributed by atoms with Gasteiger partial charge in [0.15, 0.2) is 0 Å². The number of amides is 1. The zero-order valence-corrected chi connectivity index (χ0v) is 14.9. The monoisotopic (exact) mass is 396 g/mol. The Balaban J connectivity index is 1.76. The van der Waals surface area contributed by atoms with Gasteiger partial charge in [-0.05, 0) is 18.2 Å². The van der Waals surface area contributed by atoms with E-state index in [0.29, 0.717) is 27.9 Å². The number of alkyl halides is 2. The second-order valence-corrected chi connectivity index (χ2v) is 5.91. The first-order valence-electron chi connectivity index (χ1n) is 7.80. The number of H-pyrrole nitrogens is 1. The Hall–Kier alpha value is -2.78. The number of benzene rings is 1. The van der Waals surface area contributed by atoms with Crippen molar-refractivity contribution in [3.63, 3.8) is 0 Å². The molecule has 2 aromatic heterocycles. The molecule has 1 amide bonds. The van der Waals surface area contributed by atoms with Crippen LogP contribution in [0, 0.1) is 0 Å². The summed E-state index contributed by atoms with van der Waals surface area (Å²) in [4.78, 5) is 23.0. The summed E-state index contributed by atoms with van der Waals surface area (Å²) in [5.74, 6) is -0.245. The van der Waals surface area contributed by atoms with E-state index in [0.717, 1.165) is 10.9 Å². The number of aromatic amines is 1. The molecule has 10 heteroatoms. The van der Waals surface area contributed by atoms with E-state index in [1.165, 1.54) is 13.3 Å². The van der Waals surface area contributed by atoms with Crippen LogP contribution in [0.25, 0.3) is 22.2 Å². The van der Waals surface area contributed by atoms with Crippen molar-refractivity contribution >= 4 is 28.4 Å². The van der Waals surface area contributed by atoms with Gasteiger partial charge in [-0.3, -0.25) is 4.79 Å². The molecular weight excluding hydrogens is 382 g/mol. The third-order valence-corrected chi connectivity index (χ3v) is 4.01. The Morgan fingerprint density at radius 2 is 2.11 bits per heavy atom. The van der Waals surface area contributed by atoms with Crippen molar-refractivity contribution in [2.24, 2.45) is 0 Å². The van der Waals surface area contributed by atoms with Crippen LogP contribution in [0.3, 0.4) is 0 Å². The molecule has 142 valence electrons. The molecule has 0 bridgehead atoms. The number of ether oxygens (including phenoxy) is 2. The van der Waals surface area contributed by atoms with Crippen molar-refractivity contribution in [1.82, 2.24) is 20.3 Å². The molecule has 0 unspecified atom stereocenters. The molecule has 0 spiro atoms. The Labute approximate surface area is 157 Å². The van der Waals surface area contributed by atoms with Gasteiger partial charge in [0.2, 0.25) is 11.8 Å². The van der Waals surface area contributed by atoms with Crippen molar-refractivity contribution in [3.05, 3.63) is 41.3 Å². The van der Waals surface area contributed by atoms with Gasteiger partial charge in [0.25, 0.3) is 0 Å². The highest BCUT2D eigenvalue weighted by Gasteiger charge is 2.12. The minimum atomic E-state index is -2.98. The van der Waals surface area contributed by atoms with Gasteiger partial charge in [-0.25, -0.2) is 9.97 Å². The van der Waals surface area contributed by atoms with E-state index in [1.54, 1.807) is 18.3 Å². The number of hydrogen-bond acceptors (Lipinski definition) is 5. The van der Waals surface area contributed by atoms with Crippen LogP contribution in [0.15, 0.2) is 30.6 Å². The average molecular weight is 397 g/mol. The standard InChI is InChI=1S/C17H15ClF2N4O3/c1-26-16-7-21-14(6-23-16)11-4-13-9(3-12(11)18)2-10(24-13)5-22-15(25)8-27-17(19)20/h2-4,6-7,17,24H,5,8H2,1H3,(H,22,25). The fourth-order valence-electron chi connectivity index (χ4n) is 2.45. The maximum absolute atomic E-state index is 11.9. The lowest BCUT2D eigenvalue weighted by Crippen LogP contribution is -2.28. The normalized spacial score (nSPS) is 11.1. The van der Waals surface area contributed by atoms with Gasteiger partial charge in [0.1, 0.15) is 6.61 Å². The number of nitrogens with one attached hydrogen (secondary N) is 2. The van der Waals surface area contributed by atoms with Crippen LogP contribution in [0.5, 0.6) is 5.88 Å². The van der Waals surface area contributed by atoms with E-state index in [1.807, 2.05) is 6.07 Å². The van der Waals surface area contributed by atoms with E-state index in [4.69, 9.17) is 16.3 Å². The molecule has 0 radical (unpaired) electrons. The van der Waals surface area contributed by atoms with E-state index in [2.05, 4.69) is 25.0 Å². The molecule has 1 aromatic carbocycles. The van der Waals surface area contributed by atoms with E-state index in [-0.39, 0.29) is 6.54 Å². The van der Waals surface area contributed by atoms with Crippen LogP contribution < -0.4 is 10.1 Å². The molecule has 0 aliphatic carbocycles. The molecule has 0 saturated carbocycles. The summed E-state index contributed by atoms with van der Waals surface area (Å²) >= 11 is 6.35. The number of halogens is 3. The minimum Gasteiger partial charge on any atom is -0.480 e. The highest BCUT2D eigenvalue weighted by Crippen LogP contribution is 2.31.